The number of rotatable bonds is 1. The number of alkyl halides is 2. The minimum absolute atomic E-state index is 0.787. The predicted octanol–water partition coefficient (Wildman–Crippen LogP) is 0.988. The van der Waals surface area contributed by atoms with E-state index in [0.29, 0.717) is 0 Å². The molecule has 0 aliphatic heterocycles. The lowest BCUT2D eigenvalue weighted by molar-refractivity contribution is 0.605. The van der Waals surface area contributed by atoms with Gasteiger partial charge in [-0.05, 0) is 22.6 Å². The molecule has 0 rings (SSSR count). The first-order chi connectivity index (χ1) is 2.94. The molecule has 0 N–H and O–H groups in total. The Kier molecular flexibility index (Phi) is 2.85. The van der Waals surface area contributed by atoms with Gasteiger partial charge in [0.2, 0.25) is 0 Å². The van der Waals surface area contributed by atoms with Crippen LogP contribution in [-0.2, 0) is 9.84 Å². The van der Waals surface area contributed by atoms with Gasteiger partial charge in [-0.25, -0.2) is 8.42 Å². The largest absolute Gasteiger partial charge is 0.227 e. The second kappa shape index (κ2) is 2.50. The minimum Gasteiger partial charge on any atom is -0.227 e. The van der Waals surface area contributed by atoms with Crippen molar-refractivity contribution in [2.24, 2.45) is 0 Å². The lowest BCUT2D eigenvalue weighted by atomic mass is 11.9. The second-order valence-corrected chi connectivity index (χ2v) is 6.74. The van der Waals surface area contributed by atoms with E-state index in [2.05, 4.69) is 0 Å². The van der Waals surface area contributed by atoms with E-state index < -0.39 is 12.6 Å². The highest BCUT2D eigenvalue weighted by Gasteiger charge is 2.10. The zero-order chi connectivity index (χ0) is 6.08. The topological polar surface area (TPSA) is 34.1 Å². The highest BCUT2D eigenvalue weighted by Crippen LogP contribution is 2.11. The smallest absolute Gasteiger partial charge is 0.185 e. The normalized spacial score (nSPS) is 16.4. The molecule has 5 heteroatoms. The summed E-state index contributed by atoms with van der Waals surface area (Å²) >= 11 is 6.78. The fraction of sp³-hybridized carbons (Fsp3) is 1.00. The molecular formula is C2H4ClIO2S. The van der Waals surface area contributed by atoms with Crippen molar-refractivity contribution in [2.75, 3.05) is 6.26 Å². The van der Waals surface area contributed by atoms with Gasteiger partial charge in [0.1, 0.15) is 0 Å². The van der Waals surface area contributed by atoms with Gasteiger partial charge in [-0.1, -0.05) is 11.6 Å². The number of sulfone groups is 1. The van der Waals surface area contributed by atoms with Gasteiger partial charge in [0.15, 0.2) is 12.6 Å². The van der Waals surface area contributed by atoms with E-state index in [1.807, 2.05) is 0 Å². The molecule has 0 saturated carbocycles. The fourth-order valence-corrected chi connectivity index (χ4v) is 0. The molecule has 0 aliphatic carbocycles. The lowest BCUT2D eigenvalue weighted by Crippen LogP contribution is -2.03. The molecule has 0 aromatic heterocycles. The van der Waals surface area contributed by atoms with Gasteiger partial charge in [0, 0.05) is 6.26 Å². The summed E-state index contributed by atoms with van der Waals surface area (Å²) in [6, 6.07) is 0. The van der Waals surface area contributed by atoms with Crippen molar-refractivity contribution in [3.63, 3.8) is 0 Å². The zero-order valence-corrected chi connectivity index (χ0v) is 7.29. The quantitative estimate of drug-likeness (QED) is 0.516. The molecule has 0 aromatic rings. The molecule has 2 nitrogen and oxygen atoms in total. The number of halogens is 2. The van der Waals surface area contributed by atoms with Crippen LogP contribution >= 0.6 is 34.2 Å². The van der Waals surface area contributed by atoms with Gasteiger partial charge >= 0.3 is 0 Å². The van der Waals surface area contributed by atoms with Crippen molar-refractivity contribution in [3.8, 4) is 0 Å². The maximum Gasteiger partial charge on any atom is 0.185 e. The maximum absolute atomic E-state index is 10.2. The van der Waals surface area contributed by atoms with Crippen LogP contribution in [0.5, 0.6) is 0 Å². The summed E-state index contributed by atoms with van der Waals surface area (Å²) in [4.78, 5) is 0. The average Bonchev–Trinajstić information content (AvgIpc) is 1.31. The Labute approximate surface area is 61.3 Å². The first-order valence-electron chi connectivity index (χ1n) is 1.41. The summed E-state index contributed by atoms with van der Waals surface area (Å²) in [6.45, 7) is 0. The Hall–Kier alpha value is 0.970. The SMILES string of the molecule is CS(=O)(=O)[C@H](Cl)I. The highest BCUT2D eigenvalue weighted by molar-refractivity contribution is 14.1. The standard InChI is InChI=1S/C2H4ClIO2S/c1-7(5,6)2(3)4/h2H,1H3/t2-/m1/s1. The summed E-state index contributed by atoms with van der Waals surface area (Å²) in [6.07, 6.45) is 1.09. The van der Waals surface area contributed by atoms with Crippen molar-refractivity contribution in [3.05, 3.63) is 0 Å². The Bertz CT molecular complexity index is 138. The lowest BCUT2D eigenvalue weighted by Gasteiger charge is -1.91. The van der Waals surface area contributed by atoms with Gasteiger partial charge in [0.25, 0.3) is 0 Å². The van der Waals surface area contributed by atoms with E-state index in [-0.39, 0.29) is 0 Å². The minimum atomic E-state index is -2.99. The molecule has 0 amide bonds. The average molecular weight is 254 g/mol. The number of hydrogen-bond donors (Lipinski definition) is 0. The van der Waals surface area contributed by atoms with Crippen molar-refractivity contribution >= 4 is 44.0 Å². The van der Waals surface area contributed by atoms with E-state index in [1.54, 1.807) is 22.6 Å². The van der Waals surface area contributed by atoms with Crippen LogP contribution in [0.25, 0.3) is 0 Å². The van der Waals surface area contributed by atoms with Crippen LogP contribution in [0.1, 0.15) is 0 Å². The molecule has 44 valence electrons. The van der Waals surface area contributed by atoms with Gasteiger partial charge in [-0.2, -0.15) is 0 Å². The van der Waals surface area contributed by atoms with Gasteiger partial charge in [-0.3, -0.25) is 0 Å². The Balaban J connectivity index is 4.10. The Morgan fingerprint density at radius 2 is 1.86 bits per heavy atom. The molecule has 7 heavy (non-hydrogen) atoms. The third kappa shape index (κ3) is 3.54. The van der Waals surface area contributed by atoms with Crippen LogP contribution in [0.2, 0.25) is 0 Å². The van der Waals surface area contributed by atoms with Crippen LogP contribution in [0.3, 0.4) is 0 Å². The van der Waals surface area contributed by atoms with Crippen LogP contribution in [0.15, 0.2) is 0 Å². The van der Waals surface area contributed by atoms with Crippen molar-refractivity contribution < 1.29 is 8.42 Å². The van der Waals surface area contributed by atoms with Crippen LogP contribution in [0.4, 0.5) is 0 Å². The van der Waals surface area contributed by atoms with Crippen LogP contribution in [-0.4, -0.2) is 17.4 Å². The molecule has 0 radical (unpaired) electrons. The summed E-state index contributed by atoms with van der Waals surface area (Å²) in [5, 5.41) is 0. The second-order valence-electron chi connectivity index (χ2n) is 1.09. The third-order valence-corrected chi connectivity index (χ3v) is 4.71. The number of hydrogen-bond acceptors (Lipinski definition) is 2. The monoisotopic (exact) mass is 254 g/mol. The molecule has 0 heterocycles. The molecule has 0 saturated heterocycles. The van der Waals surface area contributed by atoms with Crippen LogP contribution in [0, 0.1) is 0 Å². The van der Waals surface area contributed by atoms with E-state index >= 15 is 0 Å². The molecule has 0 fully saturated rings. The molecular weight excluding hydrogens is 250 g/mol. The summed E-state index contributed by atoms with van der Waals surface area (Å²) in [7, 11) is -2.99. The highest BCUT2D eigenvalue weighted by atomic mass is 127. The molecule has 1 atom stereocenters. The van der Waals surface area contributed by atoms with Crippen LogP contribution < -0.4 is 0 Å². The first-order valence-corrected chi connectivity index (χ1v) is 5.05. The predicted molar refractivity (Wildman–Crippen MR) is 38.5 cm³/mol. The van der Waals surface area contributed by atoms with Crippen molar-refractivity contribution in [2.45, 2.75) is 2.72 Å². The Morgan fingerprint density at radius 1 is 1.71 bits per heavy atom. The van der Waals surface area contributed by atoms with E-state index in [9.17, 15) is 8.42 Å². The fourth-order valence-electron chi connectivity index (χ4n) is 0. The maximum atomic E-state index is 10.2. The molecule has 0 bridgehead atoms. The van der Waals surface area contributed by atoms with E-state index in [4.69, 9.17) is 11.6 Å². The van der Waals surface area contributed by atoms with Crippen molar-refractivity contribution in [1.82, 2.24) is 0 Å². The van der Waals surface area contributed by atoms with E-state index in [0.717, 1.165) is 6.26 Å². The third-order valence-electron chi connectivity index (χ3n) is 0.324. The van der Waals surface area contributed by atoms with Gasteiger partial charge < -0.3 is 0 Å². The van der Waals surface area contributed by atoms with Gasteiger partial charge in [-0.15, -0.1) is 0 Å². The molecule has 0 aromatic carbocycles. The Morgan fingerprint density at radius 3 is 1.86 bits per heavy atom. The van der Waals surface area contributed by atoms with Gasteiger partial charge in [0.05, 0.1) is 0 Å². The summed E-state index contributed by atoms with van der Waals surface area (Å²) in [5.74, 6) is 0. The molecule has 0 spiro atoms. The molecule has 0 unspecified atom stereocenters. The van der Waals surface area contributed by atoms with E-state index in [1.165, 1.54) is 0 Å². The zero-order valence-electron chi connectivity index (χ0n) is 3.56. The summed E-state index contributed by atoms with van der Waals surface area (Å²) < 4.78 is 19.6. The first kappa shape index (κ1) is 7.97. The molecule has 0 aliphatic rings. The summed E-state index contributed by atoms with van der Waals surface area (Å²) in [5.41, 5.74) is 0. The van der Waals surface area contributed by atoms with Crippen molar-refractivity contribution in [1.29, 1.82) is 0 Å².